The van der Waals surface area contributed by atoms with Crippen molar-refractivity contribution < 1.29 is 15.0 Å². The van der Waals surface area contributed by atoms with E-state index in [0.29, 0.717) is 22.7 Å². The highest BCUT2D eigenvalue weighted by Crippen LogP contribution is 2.76. The number of aliphatic hydroxyl groups is 1. The Kier molecular flexibility index (Phi) is 6.50. The zero-order valence-electron chi connectivity index (χ0n) is 23.6. The smallest absolute Gasteiger partial charge is 0.309 e. The second-order valence-corrected chi connectivity index (χ2v) is 15.0. The van der Waals surface area contributed by atoms with Crippen molar-refractivity contribution in [3.8, 4) is 0 Å². The first-order valence-corrected chi connectivity index (χ1v) is 15.4. The van der Waals surface area contributed by atoms with Crippen LogP contribution in [0.2, 0.25) is 0 Å². The molecule has 0 aromatic rings. The Bertz CT molecular complexity index is 824. The maximum atomic E-state index is 13.0. The lowest BCUT2D eigenvalue weighted by molar-refractivity contribution is -0.233. The fourth-order valence-electron chi connectivity index (χ4n) is 12.1. The summed E-state index contributed by atoms with van der Waals surface area (Å²) in [5.41, 5.74) is 0.423. The number of carboxylic acid groups (broad SMARTS) is 1. The van der Waals surface area contributed by atoms with Crippen LogP contribution in [0.15, 0.2) is 0 Å². The van der Waals surface area contributed by atoms with Crippen molar-refractivity contribution >= 4 is 5.97 Å². The van der Waals surface area contributed by atoms with E-state index in [1.807, 2.05) is 0 Å². The summed E-state index contributed by atoms with van der Waals surface area (Å²) in [6.07, 6.45) is 14.7. The van der Waals surface area contributed by atoms with Gasteiger partial charge in [-0.05, 0) is 122 Å². The lowest BCUT2D eigenvalue weighted by atomic mass is 9.33. The summed E-state index contributed by atoms with van der Waals surface area (Å²) < 4.78 is 0. The van der Waals surface area contributed by atoms with Crippen molar-refractivity contribution in [2.75, 3.05) is 0 Å². The van der Waals surface area contributed by atoms with Gasteiger partial charge in [0.2, 0.25) is 0 Å². The van der Waals surface area contributed by atoms with E-state index in [1.54, 1.807) is 0 Å². The SMILES string of the molecule is CCCC(O)[C@@H](C)C1CCC2(C(=O)O)CC[C@]3(C)C(CCC4C5(C)CCCC(C)C5CCC43C)C12. The largest absolute Gasteiger partial charge is 0.481 e. The number of rotatable bonds is 5. The topological polar surface area (TPSA) is 57.5 Å². The molecule has 0 aromatic carbocycles. The van der Waals surface area contributed by atoms with E-state index in [2.05, 4.69) is 41.5 Å². The molecule has 0 saturated heterocycles. The van der Waals surface area contributed by atoms with Crippen LogP contribution < -0.4 is 0 Å². The van der Waals surface area contributed by atoms with Crippen LogP contribution in [0.1, 0.15) is 125 Å². The quantitative estimate of drug-likeness (QED) is 0.414. The summed E-state index contributed by atoms with van der Waals surface area (Å²) in [6, 6.07) is 0. The number of carboxylic acids is 1. The van der Waals surface area contributed by atoms with Crippen molar-refractivity contribution in [2.45, 2.75) is 131 Å². The summed E-state index contributed by atoms with van der Waals surface area (Å²) in [6.45, 7) is 14.8. The predicted octanol–water partition coefficient (Wildman–Crippen LogP) is 7.95. The predicted molar refractivity (Wildman–Crippen MR) is 142 cm³/mol. The maximum absolute atomic E-state index is 13.0. The van der Waals surface area contributed by atoms with E-state index in [4.69, 9.17) is 0 Å². The lowest BCUT2D eigenvalue weighted by Crippen LogP contribution is -2.65. The van der Waals surface area contributed by atoms with Crippen LogP contribution in [-0.2, 0) is 4.79 Å². The van der Waals surface area contributed by atoms with Crippen LogP contribution in [0.3, 0.4) is 0 Å². The first-order chi connectivity index (χ1) is 16.5. The Morgan fingerprint density at radius 2 is 1.66 bits per heavy atom. The minimum Gasteiger partial charge on any atom is -0.481 e. The molecule has 200 valence electrons. The molecule has 0 aliphatic heterocycles. The molecule has 12 atom stereocenters. The van der Waals surface area contributed by atoms with Crippen molar-refractivity contribution in [3.63, 3.8) is 0 Å². The van der Waals surface area contributed by atoms with Gasteiger partial charge in [-0.2, -0.15) is 0 Å². The van der Waals surface area contributed by atoms with Gasteiger partial charge in [-0.15, -0.1) is 0 Å². The molecule has 5 aliphatic rings. The fraction of sp³-hybridized carbons (Fsp3) is 0.969. The summed E-state index contributed by atoms with van der Waals surface area (Å²) in [7, 11) is 0. The monoisotopic (exact) mass is 486 g/mol. The highest BCUT2D eigenvalue weighted by Gasteiger charge is 2.71. The average Bonchev–Trinajstić information content (AvgIpc) is 3.20. The Balaban J connectivity index is 1.53. The molecule has 0 spiro atoms. The van der Waals surface area contributed by atoms with Gasteiger partial charge in [-0.3, -0.25) is 4.79 Å². The third-order valence-corrected chi connectivity index (χ3v) is 14.2. The number of hydrogen-bond donors (Lipinski definition) is 2. The highest BCUT2D eigenvalue weighted by atomic mass is 16.4. The Hall–Kier alpha value is -0.570. The molecule has 2 N–H and O–H groups in total. The van der Waals surface area contributed by atoms with Gasteiger partial charge in [0.15, 0.2) is 0 Å². The average molecular weight is 487 g/mol. The van der Waals surface area contributed by atoms with Gasteiger partial charge in [-0.25, -0.2) is 0 Å². The molecular weight excluding hydrogens is 432 g/mol. The molecular formula is C32H54O3. The molecule has 5 fully saturated rings. The van der Waals surface area contributed by atoms with Crippen LogP contribution in [0.4, 0.5) is 0 Å². The first kappa shape index (κ1) is 26.1. The second kappa shape index (κ2) is 8.74. The first-order valence-electron chi connectivity index (χ1n) is 15.4. The zero-order valence-corrected chi connectivity index (χ0v) is 23.6. The van der Waals surface area contributed by atoms with E-state index in [0.717, 1.165) is 56.3 Å². The molecule has 5 aliphatic carbocycles. The fourth-order valence-corrected chi connectivity index (χ4v) is 12.1. The maximum Gasteiger partial charge on any atom is 0.309 e. The summed E-state index contributed by atoms with van der Waals surface area (Å²) in [4.78, 5) is 13.0. The van der Waals surface area contributed by atoms with E-state index < -0.39 is 11.4 Å². The van der Waals surface area contributed by atoms with Gasteiger partial charge in [0.25, 0.3) is 0 Å². The van der Waals surface area contributed by atoms with Gasteiger partial charge in [-0.1, -0.05) is 60.8 Å². The number of carbonyl (C=O) groups is 1. The van der Waals surface area contributed by atoms with Crippen LogP contribution in [-0.4, -0.2) is 22.3 Å². The molecule has 0 heterocycles. The Morgan fingerprint density at radius 1 is 0.914 bits per heavy atom. The normalized spacial score (nSPS) is 53.0. The van der Waals surface area contributed by atoms with E-state index >= 15 is 0 Å². The molecule has 0 amide bonds. The Morgan fingerprint density at radius 3 is 2.34 bits per heavy atom. The third-order valence-electron chi connectivity index (χ3n) is 14.2. The van der Waals surface area contributed by atoms with Gasteiger partial charge in [0, 0.05) is 0 Å². The molecule has 35 heavy (non-hydrogen) atoms. The molecule has 3 nitrogen and oxygen atoms in total. The number of hydrogen-bond acceptors (Lipinski definition) is 2. The highest BCUT2D eigenvalue weighted by molar-refractivity contribution is 5.76. The molecule has 0 radical (unpaired) electrons. The third kappa shape index (κ3) is 3.41. The second-order valence-electron chi connectivity index (χ2n) is 15.0. The van der Waals surface area contributed by atoms with Gasteiger partial charge >= 0.3 is 5.97 Å². The van der Waals surface area contributed by atoms with Gasteiger partial charge in [0.1, 0.15) is 0 Å². The summed E-state index contributed by atoms with van der Waals surface area (Å²) in [5.74, 6) is 3.23. The Labute approximate surface area is 215 Å². The standard InChI is InChI=1S/C32H54O3/c1-7-9-25(33)21(3)22-13-17-32(28(34)35)19-18-30(5)24(27(22)32)11-12-26-29(4)15-8-10-20(2)23(29)14-16-31(26,30)6/h20-27,33H,7-19H2,1-6H3,(H,34,35)/t20?,21-,22?,23?,24?,25?,26?,27?,29?,30+,31?,32?/m0/s1. The number of aliphatic hydroxyl groups excluding tert-OH is 1. The van der Waals surface area contributed by atoms with Crippen molar-refractivity contribution in [2.24, 2.45) is 63.1 Å². The minimum atomic E-state index is -0.557. The number of aliphatic carboxylic acids is 1. The molecule has 3 heteroatoms. The lowest BCUT2D eigenvalue weighted by Gasteiger charge is -2.71. The van der Waals surface area contributed by atoms with Crippen LogP contribution in [0, 0.1) is 63.1 Å². The van der Waals surface area contributed by atoms with Crippen LogP contribution in [0.5, 0.6) is 0 Å². The van der Waals surface area contributed by atoms with Gasteiger partial charge in [0.05, 0.1) is 11.5 Å². The van der Waals surface area contributed by atoms with Crippen LogP contribution >= 0.6 is 0 Å². The van der Waals surface area contributed by atoms with Crippen molar-refractivity contribution in [1.29, 1.82) is 0 Å². The minimum absolute atomic E-state index is 0.196. The number of fused-ring (bicyclic) bond motifs is 7. The van der Waals surface area contributed by atoms with E-state index in [-0.39, 0.29) is 23.4 Å². The van der Waals surface area contributed by atoms with Crippen LogP contribution in [0.25, 0.3) is 0 Å². The summed E-state index contributed by atoms with van der Waals surface area (Å²) in [5, 5.41) is 21.7. The zero-order chi connectivity index (χ0) is 25.4. The van der Waals surface area contributed by atoms with E-state index in [1.165, 1.54) is 44.9 Å². The van der Waals surface area contributed by atoms with Crippen molar-refractivity contribution in [3.05, 3.63) is 0 Å². The molecule has 0 aromatic heterocycles. The summed E-state index contributed by atoms with van der Waals surface area (Å²) >= 11 is 0. The molecule has 5 saturated carbocycles. The molecule has 5 rings (SSSR count). The van der Waals surface area contributed by atoms with Crippen molar-refractivity contribution in [1.82, 2.24) is 0 Å². The molecule has 10 unspecified atom stereocenters. The van der Waals surface area contributed by atoms with Gasteiger partial charge < -0.3 is 10.2 Å². The molecule has 0 bridgehead atoms. The van der Waals surface area contributed by atoms with E-state index in [9.17, 15) is 15.0 Å².